The molecule has 3 rings (SSSR count). The van der Waals surface area contributed by atoms with Crippen molar-refractivity contribution >= 4 is 11.5 Å². The Labute approximate surface area is 111 Å². The van der Waals surface area contributed by atoms with Crippen molar-refractivity contribution in [3.05, 3.63) is 24.0 Å². The number of nitrogens with zero attached hydrogens (tertiary/aromatic N) is 1. The van der Waals surface area contributed by atoms with Crippen LogP contribution in [0.15, 0.2) is 18.5 Å². The van der Waals surface area contributed by atoms with E-state index in [9.17, 15) is 0 Å². The Kier molecular flexibility index (Phi) is 3.55. The van der Waals surface area contributed by atoms with Gasteiger partial charge in [-0.2, -0.15) is 0 Å². The fourth-order valence-electron chi connectivity index (χ4n) is 2.04. The summed E-state index contributed by atoms with van der Waals surface area (Å²) >= 11 is 0. The van der Waals surface area contributed by atoms with Gasteiger partial charge in [-0.25, -0.2) is 0 Å². The molecule has 1 aliphatic rings. The highest BCUT2D eigenvalue weighted by Gasteiger charge is 2.08. The van der Waals surface area contributed by atoms with Crippen LogP contribution in [-0.2, 0) is 6.54 Å². The zero-order valence-electron chi connectivity index (χ0n) is 10.6. The molecule has 0 spiro atoms. The molecular formula is C12H18N6O. The van der Waals surface area contributed by atoms with Crippen molar-refractivity contribution in [2.45, 2.75) is 13.0 Å². The predicted octanol–water partition coefficient (Wildman–Crippen LogP) is 1.09. The van der Waals surface area contributed by atoms with E-state index in [-0.39, 0.29) is 0 Å². The maximum absolute atomic E-state index is 5.62. The molecule has 2 aromatic heterocycles. The monoisotopic (exact) mass is 262 g/mol. The average molecular weight is 262 g/mol. The Bertz CT molecular complexity index is 474. The fraction of sp³-hybridized carbons (Fsp3) is 0.417. The van der Waals surface area contributed by atoms with Gasteiger partial charge in [0.25, 0.3) is 5.88 Å². The van der Waals surface area contributed by atoms with Crippen LogP contribution in [0.25, 0.3) is 0 Å². The molecule has 0 radical (unpaired) electrons. The number of anilines is 2. The zero-order valence-corrected chi connectivity index (χ0v) is 10.6. The highest BCUT2D eigenvalue weighted by atomic mass is 16.5. The molecule has 0 saturated carbocycles. The molecule has 0 aliphatic carbocycles. The molecule has 0 atom stereocenters. The number of hydrogen-bond donors (Lipinski definition) is 5. The highest BCUT2D eigenvalue weighted by Crippen LogP contribution is 2.20. The molecule has 0 amide bonds. The number of aromatic nitrogens is 3. The number of H-pyrrole nitrogens is 2. The van der Waals surface area contributed by atoms with Crippen molar-refractivity contribution in [1.29, 1.82) is 0 Å². The Morgan fingerprint density at radius 1 is 1.26 bits per heavy atom. The summed E-state index contributed by atoms with van der Waals surface area (Å²) < 4.78 is 5.62. The number of rotatable bonds is 0. The Hall–Kier alpha value is -2.15. The second-order valence-electron chi connectivity index (χ2n) is 4.39. The van der Waals surface area contributed by atoms with Gasteiger partial charge in [0.2, 0.25) is 0 Å². The molecule has 0 unspecified atom stereocenters. The van der Waals surface area contributed by atoms with E-state index in [0.717, 1.165) is 31.0 Å². The number of ether oxygens (including phenoxy) is 1. The Balaban J connectivity index is 1.72. The third-order valence-electron chi connectivity index (χ3n) is 3.03. The minimum Gasteiger partial charge on any atom is -0.475 e. The number of aromatic amines is 2. The van der Waals surface area contributed by atoms with Gasteiger partial charge in [-0.15, -0.1) is 5.10 Å². The minimum atomic E-state index is 0.601. The van der Waals surface area contributed by atoms with Crippen molar-refractivity contribution in [2.24, 2.45) is 0 Å². The lowest BCUT2D eigenvalue weighted by atomic mass is 10.3. The molecule has 0 fully saturated rings. The summed E-state index contributed by atoms with van der Waals surface area (Å²) in [5.41, 5.74) is 2.10. The second-order valence-corrected chi connectivity index (χ2v) is 4.39. The molecule has 0 saturated heterocycles. The predicted molar refractivity (Wildman–Crippen MR) is 73.3 cm³/mol. The van der Waals surface area contributed by atoms with Gasteiger partial charge in [0, 0.05) is 24.5 Å². The van der Waals surface area contributed by atoms with Gasteiger partial charge in [-0.3, -0.25) is 5.10 Å². The normalized spacial score (nSPS) is 16.4. The maximum Gasteiger partial charge on any atom is 0.256 e. The first-order valence-electron chi connectivity index (χ1n) is 6.45. The molecule has 3 heterocycles. The lowest BCUT2D eigenvalue weighted by Crippen LogP contribution is -2.17. The quantitative estimate of drug-likeness (QED) is 0.490. The van der Waals surface area contributed by atoms with Crippen LogP contribution in [0.1, 0.15) is 12.0 Å². The smallest absolute Gasteiger partial charge is 0.256 e. The first-order chi connectivity index (χ1) is 9.43. The molecule has 19 heavy (non-hydrogen) atoms. The van der Waals surface area contributed by atoms with E-state index >= 15 is 0 Å². The molecule has 2 aromatic rings. The highest BCUT2D eigenvalue weighted by molar-refractivity contribution is 5.52. The molecule has 7 heteroatoms. The first kappa shape index (κ1) is 11.9. The van der Waals surface area contributed by atoms with E-state index < -0.39 is 0 Å². The summed E-state index contributed by atoms with van der Waals surface area (Å²) in [6, 6.07) is 2.08. The first-order valence-corrected chi connectivity index (χ1v) is 6.45. The van der Waals surface area contributed by atoms with E-state index in [1.165, 1.54) is 5.56 Å². The Morgan fingerprint density at radius 3 is 3.26 bits per heavy atom. The fourth-order valence-corrected chi connectivity index (χ4v) is 2.04. The standard InChI is InChI=1S/C12H18N6O/c1-3-13-6-9-2-4-14-11(9)16-8-15-10-7-17-18-12(10)19-5-1/h2,4,7,13-16H,1,3,5-6,8H2,(H,17,18). The van der Waals surface area contributed by atoms with E-state index in [4.69, 9.17) is 4.74 Å². The maximum atomic E-state index is 5.62. The summed E-state index contributed by atoms with van der Waals surface area (Å²) in [4.78, 5) is 3.20. The summed E-state index contributed by atoms with van der Waals surface area (Å²) in [6.45, 7) is 3.01. The molecule has 1 aliphatic heterocycles. The van der Waals surface area contributed by atoms with Crippen LogP contribution >= 0.6 is 0 Å². The number of nitrogens with one attached hydrogen (secondary N) is 5. The van der Waals surface area contributed by atoms with Gasteiger partial charge in [0.05, 0.1) is 13.3 Å². The minimum absolute atomic E-state index is 0.601. The van der Waals surface area contributed by atoms with Crippen molar-refractivity contribution in [3.8, 4) is 5.88 Å². The number of hydrogen-bond acceptors (Lipinski definition) is 5. The van der Waals surface area contributed by atoms with Crippen LogP contribution in [0.2, 0.25) is 0 Å². The van der Waals surface area contributed by atoms with Gasteiger partial charge in [0.1, 0.15) is 11.5 Å². The number of fused-ring (bicyclic) bond motifs is 2. The van der Waals surface area contributed by atoms with Crippen LogP contribution < -0.4 is 20.7 Å². The second kappa shape index (κ2) is 5.66. The van der Waals surface area contributed by atoms with Crippen LogP contribution in [0.3, 0.4) is 0 Å². The van der Waals surface area contributed by atoms with Gasteiger partial charge >= 0.3 is 0 Å². The summed E-state index contributed by atoms with van der Waals surface area (Å²) in [6.07, 6.45) is 4.68. The van der Waals surface area contributed by atoms with Gasteiger partial charge in [-0.1, -0.05) is 0 Å². The summed E-state index contributed by atoms with van der Waals surface area (Å²) in [7, 11) is 0. The molecular weight excluding hydrogens is 244 g/mol. The molecule has 0 bridgehead atoms. The molecule has 7 nitrogen and oxygen atoms in total. The van der Waals surface area contributed by atoms with E-state index in [2.05, 4.69) is 37.2 Å². The topological polar surface area (TPSA) is 89.8 Å². The largest absolute Gasteiger partial charge is 0.475 e. The molecule has 5 N–H and O–H groups in total. The zero-order chi connectivity index (χ0) is 12.9. The van der Waals surface area contributed by atoms with Gasteiger partial charge < -0.3 is 25.7 Å². The van der Waals surface area contributed by atoms with Crippen LogP contribution in [0.4, 0.5) is 11.5 Å². The molecule has 102 valence electrons. The van der Waals surface area contributed by atoms with Crippen molar-refractivity contribution in [2.75, 3.05) is 30.5 Å². The van der Waals surface area contributed by atoms with E-state index in [0.29, 0.717) is 19.2 Å². The third kappa shape index (κ3) is 2.82. The van der Waals surface area contributed by atoms with Gasteiger partial charge in [-0.05, 0) is 19.0 Å². The van der Waals surface area contributed by atoms with Crippen molar-refractivity contribution < 1.29 is 4.74 Å². The van der Waals surface area contributed by atoms with Crippen LogP contribution in [0, 0.1) is 0 Å². The van der Waals surface area contributed by atoms with Crippen LogP contribution in [-0.4, -0.2) is 35.0 Å². The molecule has 0 aromatic carbocycles. The van der Waals surface area contributed by atoms with Crippen molar-refractivity contribution in [3.63, 3.8) is 0 Å². The van der Waals surface area contributed by atoms with E-state index in [1.54, 1.807) is 6.20 Å². The summed E-state index contributed by atoms with van der Waals surface area (Å²) in [5, 5.41) is 16.8. The Morgan fingerprint density at radius 2 is 2.26 bits per heavy atom. The average Bonchev–Trinajstić information content (AvgIpc) is 3.02. The SMILES string of the molecule is c1cc2c([nH]1)NCNc1c[nH]nc1OCCCNC2. The van der Waals surface area contributed by atoms with Crippen molar-refractivity contribution in [1.82, 2.24) is 20.5 Å². The summed E-state index contributed by atoms with van der Waals surface area (Å²) in [5.74, 6) is 1.65. The lowest BCUT2D eigenvalue weighted by Gasteiger charge is -2.09. The van der Waals surface area contributed by atoms with E-state index in [1.807, 2.05) is 6.20 Å². The lowest BCUT2D eigenvalue weighted by molar-refractivity contribution is 0.297. The third-order valence-corrected chi connectivity index (χ3v) is 3.03. The van der Waals surface area contributed by atoms with Crippen LogP contribution in [0.5, 0.6) is 5.88 Å². The van der Waals surface area contributed by atoms with Gasteiger partial charge in [0.15, 0.2) is 0 Å².